The van der Waals surface area contributed by atoms with Crippen molar-refractivity contribution < 1.29 is 0 Å². The van der Waals surface area contributed by atoms with E-state index in [1.807, 2.05) is 22.7 Å². The molecule has 9 rings (SSSR count). The zero-order valence-corrected chi connectivity index (χ0v) is 29.2. The molecule has 0 saturated carbocycles. The van der Waals surface area contributed by atoms with Crippen LogP contribution in [0.3, 0.4) is 0 Å². The third kappa shape index (κ3) is 4.79. The number of thiophene rings is 2. The van der Waals surface area contributed by atoms with E-state index in [9.17, 15) is 0 Å². The molecule has 0 fully saturated rings. The Morgan fingerprint density at radius 1 is 0.292 bits per heavy atom. The number of benzene rings is 7. The highest BCUT2D eigenvalue weighted by atomic mass is 32.1. The van der Waals surface area contributed by atoms with Gasteiger partial charge in [-0.1, -0.05) is 97.1 Å². The lowest BCUT2D eigenvalue weighted by molar-refractivity contribution is 1.37. The summed E-state index contributed by atoms with van der Waals surface area (Å²) in [4.78, 5) is 0. The Morgan fingerprint density at radius 2 is 0.646 bits per heavy atom. The summed E-state index contributed by atoms with van der Waals surface area (Å²) in [6, 6.07) is 50.1. The first-order chi connectivity index (χ1) is 23.4. The first-order valence-corrected chi connectivity index (χ1v) is 18.2. The number of rotatable bonds is 4. The van der Waals surface area contributed by atoms with Gasteiger partial charge in [0.1, 0.15) is 0 Å². The van der Waals surface area contributed by atoms with Gasteiger partial charge in [-0.3, -0.25) is 0 Å². The molecule has 0 nitrogen and oxygen atoms in total. The normalized spacial score (nSPS) is 11.8. The van der Waals surface area contributed by atoms with Gasteiger partial charge < -0.3 is 0 Å². The number of fused-ring (bicyclic) bond motifs is 6. The molecule has 0 unspecified atom stereocenters. The van der Waals surface area contributed by atoms with Crippen molar-refractivity contribution in [3.63, 3.8) is 0 Å². The summed E-state index contributed by atoms with van der Waals surface area (Å²) in [6.45, 7) is 8.96. The minimum atomic E-state index is 1.26. The fourth-order valence-corrected chi connectivity index (χ4v) is 9.72. The third-order valence-electron chi connectivity index (χ3n) is 10.0. The van der Waals surface area contributed by atoms with Crippen LogP contribution in [0.2, 0.25) is 0 Å². The lowest BCUT2D eigenvalue weighted by atomic mass is 9.88. The molecule has 2 heterocycles. The van der Waals surface area contributed by atoms with Crippen LogP contribution in [0.1, 0.15) is 22.3 Å². The van der Waals surface area contributed by atoms with Gasteiger partial charge in [-0.2, -0.15) is 0 Å². The Hall–Kier alpha value is -5.02. The molecule has 2 aromatic heterocycles. The summed E-state index contributed by atoms with van der Waals surface area (Å²) in [5, 5.41) is 5.38. The van der Waals surface area contributed by atoms with E-state index in [-0.39, 0.29) is 0 Å². The van der Waals surface area contributed by atoms with Gasteiger partial charge in [-0.15, -0.1) is 22.7 Å². The summed E-state index contributed by atoms with van der Waals surface area (Å²) in [6.07, 6.45) is 0. The molecule has 0 amide bonds. The molecular weight excluding hydrogens is 617 g/mol. The van der Waals surface area contributed by atoms with Crippen molar-refractivity contribution in [2.75, 3.05) is 0 Å². The molecule has 9 aromatic rings. The Kier molecular flexibility index (Phi) is 6.86. The van der Waals surface area contributed by atoms with Crippen molar-refractivity contribution in [2.45, 2.75) is 27.7 Å². The Morgan fingerprint density at radius 3 is 1.10 bits per heavy atom. The average molecular weight is 651 g/mol. The van der Waals surface area contributed by atoms with E-state index in [0.717, 1.165) is 0 Å². The summed E-state index contributed by atoms with van der Waals surface area (Å²) in [5.41, 5.74) is 15.4. The highest BCUT2D eigenvalue weighted by Crippen LogP contribution is 2.41. The minimum Gasteiger partial charge on any atom is -0.135 e. The second-order valence-electron chi connectivity index (χ2n) is 13.2. The predicted octanol–water partition coefficient (Wildman–Crippen LogP) is 14.3. The molecule has 0 saturated heterocycles. The van der Waals surface area contributed by atoms with Crippen molar-refractivity contribution in [2.24, 2.45) is 0 Å². The number of aryl methyl sites for hydroxylation is 4. The second-order valence-corrected chi connectivity index (χ2v) is 15.3. The van der Waals surface area contributed by atoms with Crippen molar-refractivity contribution in [3.8, 4) is 44.5 Å². The van der Waals surface area contributed by atoms with Gasteiger partial charge in [0, 0.05) is 40.3 Å². The Labute approximate surface area is 289 Å². The van der Waals surface area contributed by atoms with Crippen LogP contribution in [0, 0.1) is 27.7 Å². The quantitative estimate of drug-likeness (QED) is 0.178. The van der Waals surface area contributed by atoms with Crippen LogP contribution in [0.5, 0.6) is 0 Å². The Bertz CT molecular complexity index is 2530. The molecule has 7 aromatic carbocycles. The molecule has 0 aliphatic heterocycles. The van der Waals surface area contributed by atoms with Gasteiger partial charge in [0.15, 0.2) is 0 Å². The lowest BCUT2D eigenvalue weighted by Crippen LogP contribution is -1.93. The van der Waals surface area contributed by atoms with Gasteiger partial charge in [0.2, 0.25) is 0 Å². The molecule has 0 radical (unpaired) electrons. The monoisotopic (exact) mass is 650 g/mol. The fourth-order valence-electron chi connectivity index (χ4n) is 7.43. The van der Waals surface area contributed by atoms with E-state index in [1.54, 1.807) is 0 Å². The van der Waals surface area contributed by atoms with Gasteiger partial charge >= 0.3 is 0 Å². The number of hydrogen-bond acceptors (Lipinski definition) is 2. The van der Waals surface area contributed by atoms with Crippen molar-refractivity contribution in [1.82, 2.24) is 0 Å². The van der Waals surface area contributed by atoms with E-state index in [2.05, 4.69) is 161 Å². The Balaban J connectivity index is 1.09. The van der Waals surface area contributed by atoms with Crippen LogP contribution in [0.4, 0.5) is 0 Å². The fraction of sp³-hybridized carbons (Fsp3) is 0.0870. The molecule has 0 spiro atoms. The highest BCUT2D eigenvalue weighted by molar-refractivity contribution is 7.26. The van der Waals surface area contributed by atoms with E-state index >= 15 is 0 Å². The average Bonchev–Trinajstić information content (AvgIpc) is 3.67. The lowest BCUT2D eigenvalue weighted by Gasteiger charge is -2.16. The van der Waals surface area contributed by atoms with Crippen LogP contribution in [0.15, 0.2) is 133 Å². The zero-order chi connectivity index (χ0) is 32.5. The van der Waals surface area contributed by atoms with Gasteiger partial charge in [0.05, 0.1) is 0 Å². The summed E-state index contributed by atoms with van der Waals surface area (Å²) in [7, 11) is 0. The van der Waals surface area contributed by atoms with Crippen LogP contribution in [0.25, 0.3) is 84.9 Å². The van der Waals surface area contributed by atoms with Gasteiger partial charge in [-0.05, 0) is 131 Å². The molecule has 2 heteroatoms. The summed E-state index contributed by atoms with van der Waals surface area (Å²) < 4.78 is 5.38. The predicted molar refractivity (Wildman–Crippen MR) is 213 cm³/mol. The van der Waals surface area contributed by atoms with E-state index < -0.39 is 0 Å². The van der Waals surface area contributed by atoms with Gasteiger partial charge in [0.25, 0.3) is 0 Å². The van der Waals surface area contributed by atoms with Crippen LogP contribution < -0.4 is 0 Å². The van der Waals surface area contributed by atoms with E-state index in [0.29, 0.717) is 0 Å². The van der Waals surface area contributed by atoms with Crippen molar-refractivity contribution in [3.05, 3.63) is 156 Å². The SMILES string of the molecule is Cc1ccc(-c2cc(C)c(-c3ccc(C)c(-c4ccc5c(c4)sc4ccccc45)c3)cc2C)cc1-c1ccc2c(c1)sc1ccccc12. The summed E-state index contributed by atoms with van der Waals surface area (Å²) in [5.74, 6) is 0. The van der Waals surface area contributed by atoms with E-state index in [4.69, 9.17) is 0 Å². The van der Waals surface area contributed by atoms with E-state index in [1.165, 1.54) is 107 Å². The molecule has 0 aliphatic carbocycles. The standard InChI is InChI=1S/C46H34S2/c1-27-13-15-31(23-41(27)33-17-19-37-35-9-5-7-11-43(35)47-45(37)25-33)39-21-30(4)40(22-29(39)3)32-16-14-28(2)42(24-32)34-18-20-38-36-10-6-8-12-44(36)48-46(38)26-34/h5-26H,1-4H3. The maximum Gasteiger partial charge on any atom is 0.0361 e. The van der Waals surface area contributed by atoms with Crippen LogP contribution >= 0.6 is 22.7 Å². The smallest absolute Gasteiger partial charge is 0.0361 e. The van der Waals surface area contributed by atoms with Crippen LogP contribution in [-0.4, -0.2) is 0 Å². The maximum absolute atomic E-state index is 2.39. The van der Waals surface area contributed by atoms with Crippen molar-refractivity contribution >= 4 is 63.0 Å². The first kappa shape index (κ1) is 29.1. The molecule has 0 aliphatic rings. The minimum absolute atomic E-state index is 1.26. The first-order valence-electron chi connectivity index (χ1n) is 16.6. The zero-order valence-electron chi connectivity index (χ0n) is 27.5. The molecular formula is C46H34S2. The summed E-state index contributed by atoms with van der Waals surface area (Å²) >= 11 is 3.77. The third-order valence-corrected chi connectivity index (χ3v) is 12.3. The maximum atomic E-state index is 2.39. The second kappa shape index (κ2) is 11.3. The molecule has 0 N–H and O–H groups in total. The molecule has 0 atom stereocenters. The molecule has 48 heavy (non-hydrogen) atoms. The van der Waals surface area contributed by atoms with Crippen molar-refractivity contribution in [1.29, 1.82) is 0 Å². The number of hydrogen-bond donors (Lipinski definition) is 0. The highest BCUT2D eigenvalue weighted by Gasteiger charge is 2.14. The molecule has 230 valence electrons. The topological polar surface area (TPSA) is 0 Å². The largest absolute Gasteiger partial charge is 0.135 e. The molecule has 0 bridgehead atoms. The van der Waals surface area contributed by atoms with Gasteiger partial charge in [-0.25, -0.2) is 0 Å². The van der Waals surface area contributed by atoms with Crippen LogP contribution in [-0.2, 0) is 0 Å².